The molecule has 132 valence electrons. The number of ether oxygens (including phenoxy) is 2. The Bertz CT molecular complexity index is 859. The molecule has 26 heavy (non-hydrogen) atoms. The maximum atomic E-state index is 12.2. The van der Waals surface area contributed by atoms with Gasteiger partial charge in [-0.3, -0.25) is 4.79 Å². The zero-order chi connectivity index (χ0) is 18.4. The standard InChI is InChI=1S/C21H18ClNO3/c1-25-18-8-2-15(3-9-18)21(24)14-23-17-6-12-20(13-7-17)26-19-10-4-16(22)5-11-19/h2-13,23H,14H2,1H3. The number of ketones is 1. The summed E-state index contributed by atoms with van der Waals surface area (Å²) in [4.78, 5) is 12.2. The predicted octanol–water partition coefficient (Wildman–Crippen LogP) is 5.44. The minimum atomic E-state index is 0.00847. The molecule has 3 aromatic carbocycles. The Balaban J connectivity index is 1.55. The van der Waals surface area contributed by atoms with Gasteiger partial charge in [-0.2, -0.15) is 0 Å². The largest absolute Gasteiger partial charge is 0.497 e. The molecule has 0 bridgehead atoms. The first-order valence-corrected chi connectivity index (χ1v) is 8.46. The third-order valence-electron chi connectivity index (χ3n) is 3.77. The molecule has 0 aliphatic heterocycles. The first-order chi connectivity index (χ1) is 12.6. The molecule has 0 unspecified atom stereocenters. The number of carbonyl (C=O) groups excluding carboxylic acids is 1. The molecule has 5 heteroatoms. The van der Waals surface area contributed by atoms with Gasteiger partial charge in [0.2, 0.25) is 0 Å². The molecule has 0 amide bonds. The van der Waals surface area contributed by atoms with E-state index in [1.807, 2.05) is 36.4 Å². The maximum absolute atomic E-state index is 12.2. The average molecular weight is 368 g/mol. The third kappa shape index (κ3) is 4.77. The maximum Gasteiger partial charge on any atom is 0.181 e. The first-order valence-electron chi connectivity index (χ1n) is 8.08. The fraction of sp³-hybridized carbons (Fsp3) is 0.0952. The van der Waals surface area contributed by atoms with Gasteiger partial charge in [0.15, 0.2) is 5.78 Å². The fourth-order valence-electron chi connectivity index (χ4n) is 2.34. The molecule has 3 rings (SSSR count). The van der Waals surface area contributed by atoms with Crippen LogP contribution in [-0.2, 0) is 0 Å². The first kappa shape index (κ1) is 17.8. The summed E-state index contributed by atoms with van der Waals surface area (Å²) >= 11 is 5.86. The SMILES string of the molecule is COc1ccc(C(=O)CNc2ccc(Oc3ccc(Cl)cc3)cc2)cc1. The molecule has 1 N–H and O–H groups in total. The van der Waals surface area contributed by atoms with Crippen LogP contribution in [0.15, 0.2) is 72.8 Å². The number of halogens is 1. The summed E-state index contributed by atoms with van der Waals surface area (Å²) in [6.45, 7) is 0.212. The Morgan fingerprint density at radius 3 is 1.96 bits per heavy atom. The molecule has 0 radical (unpaired) electrons. The molecular formula is C21H18ClNO3. The van der Waals surface area contributed by atoms with Crippen LogP contribution in [0.3, 0.4) is 0 Å². The summed E-state index contributed by atoms with van der Waals surface area (Å²) in [7, 11) is 1.60. The molecule has 0 saturated heterocycles. The van der Waals surface area contributed by atoms with Gasteiger partial charge in [0.05, 0.1) is 13.7 Å². The van der Waals surface area contributed by atoms with Gasteiger partial charge in [-0.1, -0.05) is 11.6 Å². The lowest BCUT2D eigenvalue weighted by Crippen LogP contribution is -2.13. The molecule has 0 spiro atoms. The quantitative estimate of drug-likeness (QED) is 0.565. The van der Waals surface area contributed by atoms with Crippen molar-refractivity contribution < 1.29 is 14.3 Å². The second-order valence-electron chi connectivity index (χ2n) is 5.59. The topological polar surface area (TPSA) is 47.6 Å². The summed E-state index contributed by atoms with van der Waals surface area (Å²) in [6.07, 6.45) is 0. The minimum absolute atomic E-state index is 0.00847. The van der Waals surface area contributed by atoms with Crippen LogP contribution in [0.2, 0.25) is 5.02 Å². The van der Waals surface area contributed by atoms with Gasteiger partial charge in [0.25, 0.3) is 0 Å². The van der Waals surface area contributed by atoms with E-state index in [-0.39, 0.29) is 12.3 Å². The van der Waals surface area contributed by atoms with E-state index in [0.717, 1.165) is 11.4 Å². The third-order valence-corrected chi connectivity index (χ3v) is 4.02. The minimum Gasteiger partial charge on any atom is -0.497 e. The van der Waals surface area contributed by atoms with E-state index in [4.69, 9.17) is 21.1 Å². The highest BCUT2D eigenvalue weighted by Crippen LogP contribution is 2.24. The van der Waals surface area contributed by atoms with Gasteiger partial charge in [0, 0.05) is 16.3 Å². The number of hydrogen-bond acceptors (Lipinski definition) is 4. The van der Waals surface area contributed by atoms with Crippen molar-refractivity contribution in [1.82, 2.24) is 0 Å². The number of methoxy groups -OCH3 is 1. The Morgan fingerprint density at radius 1 is 0.846 bits per heavy atom. The van der Waals surface area contributed by atoms with E-state index >= 15 is 0 Å². The van der Waals surface area contributed by atoms with Gasteiger partial charge in [-0.15, -0.1) is 0 Å². The predicted molar refractivity (Wildman–Crippen MR) is 104 cm³/mol. The van der Waals surface area contributed by atoms with E-state index in [9.17, 15) is 4.79 Å². The summed E-state index contributed by atoms with van der Waals surface area (Å²) in [5.41, 5.74) is 1.48. The molecule has 0 heterocycles. The molecule has 3 aromatic rings. The van der Waals surface area contributed by atoms with Crippen LogP contribution in [-0.4, -0.2) is 19.4 Å². The molecule has 0 aliphatic rings. The Hall–Kier alpha value is -2.98. The molecule has 4 nitrogen and oxygen atoms in total. The van der Waals surface area contributed by atoms with Crippen molar-refractivity contribution >= 4 is 23.1 Å². The number of nitrogens with one attached hydrogen (secondary N) is 1. The number of carbonyl (C=O) groups is 1. The smallest absolute Gasteiger partial charge is 0.181 e. The highest BCUT2D eigenvalue weighted by atomic mass is 35.5. The van der Waals surface area contributed by atoms with Crippen molar-refractivity contribution in [1.29, 1.82) is 0 Å². The number of benzene rings is 3. The van der Waals surface area contributed by atoms with E-state index in [2.05, 4.69) is 5.32 Å². The van der Waals surface area contributed by atoms with Crippen molar-refractivity contribution in [2.75, 3.05) is 19.0 Å². The van der Waals surface area contributed by atoms with E-state index < -0.39 is 0 Å². The van der Waals surface area contributed by atoms with Gasteiger partial charge in [-0.25, -0.2) is 0 Å². The van der Waals surface area contributed by atoms with Gasteiger partial charge >= 0.3 is 0 Å². The van der Waals surface area contributed by atoms with Crippen LogP contribution in [0.5, 0.6) is 17.2 Å². The second-order valence-corrected chi connectivity index (χ2v) is 6.02. The number of Topliss-reactive ketones (excluding diaryl/α,β-unsaturated/α-hetero) is 1. The highest BCUT2D eigenvalue weighted by Gasteiger charge is 2.06. The molecule has 0 atom stereocenters. The normalized spacial score (nSPS) is 10.2. The van der Waals surface area contributed by atoms with Crippen molar-refractivity contribution in [3.63, 3.8) is 0 Å². The lowest BCUT2D eigenvalue weighted by Gasteiger charge is -2.09. The van der Waals surface area contributed by atoms with Gasteiger partial charge in [0.1, 0.15) is 17.2 Å². The molecule has 0 saturated carbocycles. The van der Waals surface area contributed by atoms with E-state index in [1.54, 1.807) is 43.5 Å². The van der Waals surface area contributed by atoms with Crippen LogP contribution >= 0.6 is 11.6 Å². The Morgan fingerprint density at radius 2 is 1.38 bits per heavy atom. The summed E-state index contributed by atoms with van der Waals surface area (Å²) in [5, 5.41) is 3.78. The Kier molecular flexibility index (Phi) is 5.77. The molecular weight excluding hydrogens is 350 g/mol. The number of anilines is 1. The summed E-state index contributed by atoms with van der Waals surface area (Å²) in [6, 6.07) is 21.6. The van der Waals surface area contributed by atoms with Crippen LogP contribution in [0, 0.1) is 0 Å². The van der Waals surface area contributed by atoms with Gasteiger partial charge in [-0.05, 0) is 72.8 Å². The summed E-state index contributed by atoms with van der Waals surface area (Å²) < 4.78 is 10.8. The second kappa shape index (κ2) is 8.41. The lowest BCUT2D eigenvalue weighted by molar-refractivity contribution is 0.101. The van der Waals surface area contributed by atoms with Crippen molar-refractivity contribution in [2.24, 2.45) is 0 Å². The zero-order valence-corrected chi connectivity index (χ0v) is 15.0. The fourth-order valence-corrected chi connectivity index (χ4v) is 2.47. The van der Waals surface area contributed by atoms with Crippen molar-refractivity contribution in [2.45, 2.75) is 0 Å². The average Bonchev–Trinajstić information content (AvgIpc) is 2.69. The molecule has 0 aromatic heterocycles. The molecule has 0 aliphatic carbocycles. The number of rotatable bonds is 7. The van der Waals surface area contributed by atoms with E-state index in [0.29, 0.717) is 22.1 Å². The van der Waals surface area contributed by atoms with Crippen LogP contribution in [0.1, 0.15) is 10.4 Å². The van der Waals surface area contributed by atoms with Gasteiger partial charge < -0.3 is 14.8 Å². The highest BCUT2D eigenvalue weighted by molar-refractivity contribution is 6.30. The van der Waals surface area contributed by atoms with Crippen LogP contribution < -0.4 is 14.8 Å². The summed E-state index contributed by atoms with van der Waals surface area (Å²) in [5.74, 6) is 2.16. The monoisotopic (exact) mass is 367 g/mol. The Labute approximate surface area is 157 Å². The molecule has 0 fully saturated rings. The van der Waals surface area contributed by atoms with Crippen LogP contribution in [0.25, 0.3) is 0 Å². The van der Waals surface area contributed by atoms with E-state index in [1.165, 1.54) is 0 Å². The number of hydrogen-bond donors (Lipinski definition) is 1. The van der Waals surface area contributed by atoms with Crippen molar-refractivity contribution in [3.05, 3.63) is 83.4 Å². The van der Waals surface area contributed by atoms with Crippen LogP contribution in [0.4, 0.5) is 5.69 Å². The lowest BCUT2D eigenvalue weighted by atomic mass is 10.1. The van der Waals surface area contributed by atoms with Crippen molar-refractivity contribution in [3.8, 4) is 17.2 Å². The zero-order valence-electron chi connectivity index (χ0n) is 14.2.